The third-order valence-electron chi connectivity index (χ3n) is 1.43. The zero-order chi connectivity index (χ0) is 10.7. The van der Waals surface area contributed by atoms with Gasteiger partial charge >= 0.3 is 11.7 Å². The number of hydrogen-bond donors (Lipinski definition) is 2. The maximum Gasteiger partial charge on any atom is 0.346 e. The molecule has 0 radical (unpaired) electrons. The highest BCUT2D eigenvalue weighted by molar-refractivity contribution is 9.10. The summed E-state index contributed by atoms with van der Waals surface area (Å²) in [4.78, 5) is 27.5. The van der Waals surface area contributed by atoms with E-state index in [0.717, 1.165) is 0 Å². The van der Waals surface area contributed by atoms with Gasteiger partial charge in [-0.1, -0.05) is 0 Å². The molecule has 0 atom stereocenters. The third kappa shape index (κ3) is 2.58. The number of carboxylic acids is 1. The molecule has 1 heterocycles. The van der Waals surface area contributed by atoms with Crippen LogP contribution in [-0.4, -0.2) is 27.3 Å². The van der Waals surface area contributed by atoms with Gasteiger partial charge in [0, 0.05) is 5.69 Å². The molecule has 0 aromatic carbocycles. The highest BCUT2D eigenvalue weighted by Crippen LogP contribution is 2.24. The monoisotopic (exact) mass is 278 g/mol. The lowest BCUT2D eigenvalue weighted by atomic mass is 10.3. The van der Waals surface area contributed by atoms with Gasteiger partial charge in [0.05, 0.1) is 10.9 Å². The second-order valence-corrected chi connectivity index (χ2v) is 4.00. The number of rotatable bonds is 3. The Kier molecular flexibility index (Phi) is 3.70. The second-order valence-electron chi connectivity index (χ2n) is 2.41. The summed E-state index contributed by atoms with van der Waals surface area (Å²) in [6, 6.07) is 0. The number of thioether (sulfide) groups is 1. The number of aliphatic carboxylic acids is 1. The topological polar surface area (TPSA) is 83.0 Å². The van der Waals surface area contributed by atoms with Crippen LogP contribution in [0.2, 0.25) is 0 Å². The number of carboxylic acid groups (broad SMARTS) is 1. The third-order valence-corrected chi connectivity index (χ3v) is 3.23. The predicted molar refractivity (Wildman–Crippen MR) is 55.7 cm³/mol. The van der Waals surface area contributed by atoms with Gasteiger partial charge < -0.3 is 10.1 Å². The molecule has 0 aliphatic carbocycles. The molecule has 1 aromatic heterocycles. The maximum absolute atomic E-state index is 11.0. The van der Waals surface area contributed by atoms with Gasteiger partial charge in [-0.2, -0.15) is 4.98 Å². The Bertz CT molecular complexity index is 418. The minimum Gasteiger partial charge on any atom is -0.481 e. The molecule has 7 heteroatoms. The van der Waals surface area contributed by atoms with Crippen molar-refractivity contribution in [2.24, 2.45) is 0 Å². The van der Waals surface area contributed by atoms with Crippen LogP contribution in [0, 0.1) is 0 Å². The Morgan fingerprint density at radius 1 is 1.71 bits per heavy atom. The first-order valence-corrected chi connectivity index (χ1v) is 5.61. The van der Waals surface area contributed by atoms with Crippen molar-refractivity contribution in [1.82, 2.24) is 9.97 Å². The molecule has 2 N–H and O–H groups in total. The zero-order valence-electron chi connectivity index (χ0n) is 7.20. The van der Waals surface area contributed by atoms with Crippen molar-refractivity contribution >= 4 is 33.7 Å². The first-order chi connectivity index (χ1) is 6.54. The summed E-state index contributed by atoms with van der Waals surface area (Å²) >= 11 is 4.47. The van der Waals surface area contributed by atoms with E-state index in [1.807, 2.05) is 0 Å². The average molecular weight is 279 g/mol. The number of carbonyl (C=O) groups is 1. The highest BCUT2D eigenvalue weighted by Gasteiger charge is 2.11. The van der Waals surface area contributed by atoms with Crippen LogP contribution in [0.3, 0.4) is 0 Å². The summed E-state index contributed by atoms with van der Waals surface area (Å²) in [5, 5.41) is 9.07. The fraction of sp³-hybridized carbons (Fsp3) is 0.286. The number of aromatic amines is 1. The lowest BCUT2D eigenvalue weighted by molar-refractivity contribution is -0.136. The molecule has 0 bridgehead atoms. The van der Waals surface area contributed by atoms with Gasteiger partial charge in [0.15, 0.2) is 0 Å². The van der Waals surface area contributed by atoms with Gasteiger partial charge in [0.1, 0.15) is 5.03 Å². The fourth-order valence-corrected chi connectivity index (χ4v) is 2.18. The van der Waals surface area contributed by atoms with Crippen LogP contribution in [0.5, 0.6) is 0 Å². The van der Waals surface area contributed by atoms with Gasteiger partial charge in [0.25, 0.3) is 0 Å². The normalized spacial score (nSPS) is 10.1. The summed E-state index contributed by atoms with van der Waals surface area (Å²) in [5.74, 6) is -1.00. The molecule has 0 unspecified atom stereocenters. The number of aromatic nitrogens is 2. The Morgan fingerprint density at radius 3 is 2.86 bits per heavy atom. The van der Waals surface area contributed by atoms with Crippen LogP contribution < -0.4 is 5.69 Å². The minimum absolute atomic E-state index is 0.230. The molecule has 76 valence electrons. The largest absolute Gasteiger partial charge is 0.481 e. The fourth-order valence-electron chi connectivity index (χ4n) is 0.891. The van der Waals surface area contributed by atoms with Crippen LogP contribution in [0.25, 0.3) is 0 Å². The summed E-state index contributed by atoms with van der Waals surface area (Å²) < 4.78 is 0.534. The molecule has 14 heavy (non-hydrogen) atoms. The van der Waals surface area contributed by atoms with Gasteiger partial charge in [0.2, 0.25) is 0 Å². The molecule has 0 saturated heterocycles. The van der Waals surface area contributed by atoms with E-state index in [0.29, 0.717) is 15.2 Å². The van der Waals surface area contributed by atoms with E-state index in [-0.39, 0.29) is 6.42 Å². The van der Waals surface area contributed by atoms with Crippen molar-refractivity contribution in [3.05, 3.63) is 20.7 Å². The van der Waals surface area contributed by atoms with Crippen LogP contribution >= 0.6 is 27.7 Å². The Balaban J connectivity index is 3.22. The predicted octanol–water partition coefficient (Wildman–Crippen LogP) is 0.881. The van der Waals surface area contributed by atoms with Crippen LogP contribution in [0.4, 0.5) is 0 Å². The quantitative estimate of drug-likeness (QED) is 0.634. The molecule has 0 saturated carbocycles. The molecule has 1 aromatic rings. The van der Waals surface area contributed by atoms with Crippen molar-refractivity contribution in [2.45, 2.75) is 11.4 Å². The Hall–Kier alpha value is -0.820. The number of H-pyrrole nitrogens is 1. The lowest BCUT2D eigenvalue weighted by Crippen LogP contribution is -2.16. The molecule has 0 aliphatic heterocycles. The highest BCUT2D eigenvalue weighted by atomic mass is 79.9. The van der Waals surface area contributed by atoms with Crippen LogP contribution in [0.1, 0.15) is 5.69 Å². The lowest BCUT2D eigenvalue weighted by Gasteiger charge is -2.03. The van der Waals surface area contributed by atoms with Gasteiger partial charge in [-0.15, -0.1) is 11.8 Å². The van der Waals surface area contributed by atoms with Crippen molar-refractivity contribution in [2.75, 3.05) is 6.26 Å². The van der Waals surface area contributed by atoms with Gasteiger partial charge in [-0.25, -0.2) is 4.79 Å². The van der Waals surface area contributed by atoms with Crippen molar-refractivity contribution in [3.63, 3.8) is 0 Å². The van der Waals surface area contributed by atoms with E-state index in [1.54, 1.807) is 6.26 Å². The number of halogens is 1. The van der Waals surface area contributed by atoms with E-state index in [4.69, 9.17) is 5.11 Å². The summed E-state index contributed by atoms with van der Waals surface area (Å²) in [6.07, 6.45) is 1.53. The van der Waals surface area contributed by atoms with E-state index >= 15 is 0 Å². The number of nitrogens with one attached hydrogen (secondary N) is 1. The molecular formula is C7H7BrN2O3S. The minimum atomic E-state index is -1.00. The van der Waals surface area contributed by atoms with E-state index in [1.165, 1.54) is 11.8 Å². The molecule has 0 aliphatic rings. The van der Waals surface area contributed by atoms with Crippen molar-refractivity contribution < 1.29 is 9.90 Å². The SMILES string of the molecule is CSc1nc(=O)[nH]c(CC(=O)O)c1Br. The van der Waals surface area contributed by atoms with Crippen LogP contribution in [0.15, 0.2) is 14.3 Å². The number of nitrogens with zero attached hydrogens (tertiary/aromatic N) is 1. The Labute approximate surface area is 92.1 Å². The Morgan fingerprint density at radius 2 is 2.36 bits per heavy atom. The van der Waals surface area contributed by atoms with Crippen LogP contribution in [-0.2, 0) is 11.2 Å². The number of hydrogen-bond acceptors (Lipinski definition) is 4. The van der Waals surface area contributed by atoms with Crippen molar-refractivity contribution in [1.29, 1.82) is 0 Å². The van der Waals surface area contributed by atoms with Crippen molar-refractivity contribution in [3.8, 4) is 0 Å². The average Bonchev–Trinajstić information content (AvgIpc) is 2.09. The van der Waals surface area contributed by atoms with Gasteiger partial charge in [-0.3, -0.25) is 4.79 Å². The van der Waals surface area contributed by atoms with E-state index in [2.05, 4.69) is 25.9 Å². The second kappa shape index (κ2) is 4.61. The molecule has 1 rings (SSSR count). The smallest absolute Gasteiger partial charge is 0.346 e. The molecular weight excluding hydrogens is 272 g/mol. The first-order valence-electron chi connectivity index (χ1n) is 3.59. The molecule has 0 fully saturated rings. The molecule has 0 spiro atoms. The standard InChI is InChI=1S/C7H7BrN2O3S/c1-14-6-5(8)3(2-4(11)12)9-7(13)10-6/h2H2,1H3,(H,11,12)(H,9,10,13). The summed E-state index contributed by atoms with van der Waals surface area (Å²) in [7, 11) is 0. The summed E-state index contributed by atoms with van der Waals surface area (Å²) in [6.45, 7) is 0. The maximum atomic E-state index is 11.0. The van der Waals surface area contributed by atoms with E-state index < -0.39 is 11.7 Å². The van der Waals surface area contributed by atoms with E-state index in [9.17, 15) is 9.59 Å². The zero-order valence-corrected chi connectivity index (χ0v) is 9.61. The summed E-state index contributed by atoms with van der Waals surface area (Å²) in [5.41, 5.74) is -0.198. The van der Waals surface area contributed by atoms with Gasteiger partial charge in [-0.05, 0) is 22.2 Å². The molecule has 5 nitrogen and oxygen atoms in total. The first kappa shape index (κ1) is 11.3. The molecule has 0 amide bonds.